The Labute approximate surface area is 153 Å². The SMILES string of the molecule is CN(Cc1ccc(C(F)(F)F)cc1)Cc1nnc(-c2ccc(Cl)cc2)o1. The highest BCUT2D eigenvalue weighted by Crippen LogP contribution is 2.29. The van der Waals surface area contributed by atoms with Gasteiger partial charge in [0.05, 0.1) is 12.1 Å². The van der Waals surface area contributed by atoms with Crippen LogP contribution in [0.15, 0.2) is 52.9 Å². The van der Waals surface area contributed by atoms with Crippen LogP contribution in [-0.2, 0) is 19.3 Å². The molecule has 26 heavy (non-hydrogen) atoms. The second-order valence-electron chi connectivity index (χ2n) is 5.87. The van der Waals surface area contributed by atoms with Gasteiger partial charge in [0, 0.05) is 17.1 Å². The number of hydrogen-bond donors (Lipinski definition) is 0. The average molecular weight is 382 g/mol. The molecule has 0 radical (unpaired) electrons. The molecular formula is C18H15ClF3N3O. The van der Waals surface area contributed by atoms with Gasteiger partial charge >= 0.3 is 6.18 Å². The molecule has 0 spiro atoms. The number of nitrogens with zero attached hydrogens (tertiary/aromatic N) is 3. The maximum absolute atomic E-state index is 12.6. The van der Waals surface area contributed by atoms with Crippen LogP contribution in [0.25, 0.3) is 11.5 Å². The van der Waals surface area contributed by atoms with E-state index >= 15 is 0 Å². The van der Waals surface area contributed by atoms with Crippen molar-refractivity contribution < 1.29 is 17.6 Å². The van der Waals surface area contributed by atoms with Crippen LogP contribution in [0.5, 0.6) is 0 Å². The molecule has 0 unspecified atom stereocenters. The summed E-state index contributed by atoms with van der Waals surface area (Å²) in [6.07, 6.45) is -4.33. The van der Waals surface area contributed by atoms with Crippen LogP contribution in [-0.4, -0.2) is 22.1 Å². The van der Waals surface area contributed by atoms with Crippen molar-refractivity contribution in [2.75, 3.05) is 7.05 Å². The largest absolute Gasteiger partial charge is 0.419 e. The quantitative estimate of drug-likeness (QED) is 0.621. The second-order valence-corrected chi connectivity index (χ2v) is 6.31. The molecule has 0 aliphatic heterocycles. The molecule has 4 nitrogen and oxygen atoms in total. The van der Waals surface area contributed by atoms with Crippen LogP contribution in [0.1, 0.15) is 17.0 Å². The molecule has 0 saturated heterocycles. The molecule has 0 aliphatic carbocycles. The van der Waals surface area contributed by atoms with Gasteiger partial charge in [-0.3, -0.25) is 4.90 Å². The lowest BCUT2D eigenvalue weighted by Crippen LogP contribution is -2.17. The Morgan fingerprint density at radius 2 is 1.62 bits per heavy atom. The summed E-state index contributed by atoms with van der Waals surface area (Å²) in [6.45, 7) is 0.832. The molecule has 1 heterocycles. The number of aromatic nitrogens is 2. The number of rotatable bonds is 5. The zero-order valence-corrected chi connectivity index (χ0v) is 14.6. The molecule has 0 fully saturated rings. The third-order valence-corrected chi connectivity index (χ3v) is 3.95. The van der Waals surface area contributed by atoms with Gasteiger partial charge in [0.15, 0.2) is 0 Å². The van der Waals surface area contributed by atoms with Gasteiger partial charge in [-0.25, -0.2) is 0 Å². The summed E-state index contributed by atoms with van der Waals surface area (Å²) in [5, 5.41) is 8.62. The van der Waals surface area contributed by atoms with Crippen molar-refractivity contribution in [2.45, 2.75) is 19.3 Å². The van der Waals surface area contributed by atoms with Gasteiger partial charge in [-0.05, 0) is 49.0 Å². The maximum atomic E-state index is 12.6. The Balaban J connectivity index is 1.61. The third kappa shape index (κ3) is 4.62. The fraction of sp³-hybridized carbons (Fsp3) is 0.222. The van der Waals surface area contributed by atoms with Crippen LogP contribution >= 0.6 is 11.6 Å². The third-order valence-electron chi connectivity index (χ3n) is 3.70. The van der Waals surface area contributed by atoms with Crippen molar-refractivity contribution >= 4 is 11.6 Å². The molecule has 0 N–H and O–H groups in total. The van der Waals surface area contributed by atoms with Crippen LogP contribution in [0.2, 0.25) is 5.02 Å². The summed E-state index contributed by atoms with van der Waals surface area (Å²) < 4.78 is 43.4. The summed E-state index contributed by atoms with van der Waals surface area (Å²) in [5.74, 6) is 0.809. The number of alkyl halides is 3. The van der Waals surface area contributed by atoms with Crippen LogP contribution in [0.4, 0.5) is 13.2 Å². The minimum atomic E-state index is -4.33. The number of benzene rings is 2. The van der Waals surface area contributed by atoms with E-state index in [1.54, 1.807) is 24.3 Å². The van der Waals surface area contributed by atoms with E-state index in [0.29, 0.717) is 29.9 Å². The fourth-order valence-electron chi connectivity index (χ4n) is 2.42. The highest BCUT2D eigenvalue weighted by atomic mass is 35.5. The zero-order valence-electron chi connectivity index (χ0n) is 13.8. The molecule has 0 amide bonds. The maximum Gasteiger partial charge on any atom is 0.416 e. The molecule has 0 saturated carbocycles. The summed E-state index contributed by atoms with van der Waals surface area (Å²) in [4.78, 5) is 1.88. The van der Waals surface area contributed by atoms with Crippen LogP contribution < -0.4 is 0 Å². The predicted molar refractivity (Wildman–Crippen MR) is 91.4 cm³/mol. The van der Waals surface area contributed by atoms with E-state index < -0.39 is 11.7 Å². The van der Waals surface area contributed by atoms with Crippen LogP contribution in [0.3, 0.4) is 0 Å². The second kappa shape index (κ2) is 7.47. The molecule has 8 heteroatoms. The van der Waals surface area contributed by atoms with Crippen molar-refractivity contribution in [1.29, 1.82) is 0 Å². The molecule has 3 rings (SSSR count). The van der Waals surface area contributed by atoms with Gasteiger partial charge in [0.1, 0.15) is 0 Å². The van der Waals surface area contributed by atoms with Crippen LogP contribution in [0, 0.1) is 0 Å². The van der Waals surface area contributed by atoms with E-state index in [9.17, 15) is 13.2 Å². The Morgan fingerprint density at radius 3 is 2.23 bits per heavy atom. The smallest absolute Gasteiger partial charge is 0.416 e. The van der Waals surface area contributed by atoms with E-state index in [4.69, 9.17) is 16.0 Å². The van der Waals surface area contributed by atoms with E-state index in [1.165, 1.54) is 12.1 Å². The van der Waals surface area contributed by atoms with E-state index in [1.807, 2.05) is 11.9 Å². The first kappa shape index (κ1) is 18.4. The summed E-state index contributed by atoms with van der Waals surface area (Å²) in [6, 6.07) is 12.1. The highest BCUT2D eigenvalue weighted by Gasteiger charge is 2.29. The Hall–Kier alpha value is -2.38. The van der Waals surface area contributed by atoms with Gasteiger partial charge in [0.2, 0.25) is 11.8 Å². The monoisotopic (exact) mass is 381 g/mol. The van der Waals surface area contributed by atoms with Crippen molar-refractivity contribution in [1.82, 2.24) is 15.1 Å². The normalized spacial score (nSPS) is 11.9. The van der Waals surface area contributed by atoms with Gasteiger partial charge in [-0.1, -0.05) is 23.7 Å². The van der Waals surface area contributed by atoms with Crippen molar-refractivity contribution in [3.8, 4) is 11.5 Å². The molecule has 136 valence electrons. The first-order chi connectivity index (χ1) is 12.3. The standard InChI is InChI=1S/C18H15ClF3N3O/c1-25(10-12-2-6-14(7-3-12)18(20,21)22)11-16-23-24-17(26-16)13-4-8-15(19)9-5-13/h2-9H,10-11H2,1H3. The first-order valence-corrected chi connectivity index (χ1v) is 8.12. The van der Waals surface area contributed by atoms with Crippen molar-refractivity contribution in [3.05, 3.63) is 70.6 Å². The highest BCUT2D eigenvalue weighted by molar-refractivity contribution is 6.30. The van der Waals surface area contributed by atoms with E-state index in [-0.39, 0.29) is 0 Å². The molecule has 0 atom stereocenters. The molecule has 0 bridgehead atoms. The first-order valence-electron chi connectivity index (χ1n) is 7.74. The van der Waals surface area contributed by atoms with E-state index in [2.05, 4.69) is 10.2 Å². The average Bonchev–Trinajstić information content (AvgIpc) is 3.03. The topological polar surface area (TPSA) is 42.2 Å². The van der Waals surface area contributed by atoms with E-state index in [0.717, 1.165) is 23.3 Å². The molecule has 1 aromatic heterocycles. The number of halogens is 4. The lowest BCUT2D eigenvalue weighted by Gasteiger charge is -2.15. The van der Waals surface area contributed by atoms with Crippen molar-refractivity contribution in [3.63, 3.8) is 0 Å². The Kier molecular flexibility index (Phi) is 5.29. The van der Waals surface area contributed by atoms with Gasteiger partial charge < -0.3 is 4.42 Å². The Bertz CT molecular complexity index is 861. The molecule has 3 aromatic rings. The molecule has 2 aromatic carbocycles. The lowest BCUT2D eigenvalue weighted by molar-refractivity contribution is -0.137. The zero-order chi connectivity index (χ0) is 18.7. The minimum absolute atomic E-state index is 0.377. The molecule has 0 aliphatic rings. The van der Waals surface area contributed by atoms with Crippen molar-refractivity contribution in [2.24, 2.45) is 0 Å². The summed E-state index contributed by atoms with van der Waals surface area (Å²) >= 11 is 5.85. The predicted octanol–water partition coefficient (Wildman–Crippen LogP) is 5.04. The van der Waals surface area contributed by atoms with Gasteiger partial charge in [-0.15, -0.1) is 10.2 Å². The minimum Gasteiger partial charge on any atom is -0.419 e. The lowest BCUT2D eigenvalue weighted by atomic mass is 10.1. The summed E-state index contributed by atoms with van der Waals surface area (Å²) in [7, 11) is 1.82. The van der Waals surface area contributed by atoms with Gasteiger partial charge in [0.25, 0.3) is 0 Å². The number of hydrogen-bond acceptors (Lipinski definition) is 4. The fourth-order valence-corrected chi connectivity index (χ4v) is 2.55. The summed E-state index contributed by atoms with van der Waals surface area (Å²) in [5.41, 5.74) is 0.866. The van der Waals surface area contributed by atoms with Gasteiger partial charge in [-0.2, -0.15) is 13.2 Å². The Morgan fingerprint density at radius 1 is 0.962 bits per heavy atom. The molecular weight excluding hydrogens is 367 g/mol.